The van der Waals surface area contributed by atoms with E-state index < -0.39 is 17.6 Å². The number of hydrogen-bond donors (Lipinski definition) is 1. The van der Waals surface area contributed by atoms with Crippen molar-refractivity contribution in [2.75, 3.05) is 19.5 Å². The van der Waals surface area contributed by atoms with E-state index in [9.17, 15) is 14.9 Å². The maximum absolute atomic E-state index is 12.5. The van der Waals surface area contributed by atoms with Crippen LogP contribution >= 0.6 is 0 Å². The van der Waals surface area contributed by atoms with E-state index in [1.165, 1.54) is 26.4 Å². The number of para-hydroxylation sites is 1. The minimum Gasteiger partial charge on any atom is -0.497 e. The van der Waals surface area contributed by atoms with Crippen LogP contribution in [0.15, 0.2) is 48.5 Å². The first kappa shape index (κ1) is 17.0. The molecule has 0 unspecified atom stereocenters. The molecule has 0 aromatic heterocycles. The number of hydrogen-bond acceptors (Lipinski definition) is 5. The second kappa shape index (κ2) is 7.79. The summed E-state index contributed by atoms with van der Waals surface area (Å²) >= 11 is 0. The number of nitrogens with zero attached hydrogens (tertiary/aromatic N) is 1. The molecule has 24 heavy (non-hydrogen) atoms. The van der Waals surface area contributed by atoms with E-state index in [2.05, 4.69) is 5.32 Å². The van der Waals surface area contributed by atoms with E-state index in [1.54, 1.807) is 42.5 Å². The zero-order valence-electron chi connectivity index (χ0n) is 13.3. The zero-order valence-corrected chi connectivity index (χ0v) is 13.3. The van der Waals surface area contributed by atoms with Crippen molar-refractivity contribution in [1.82, 2.24) is 0 Å². The van der Waals surface area contributed by atoms with Gasteiger partial charge in [0.1, 0.15) is 11.5 Å². The normalized spacial score (nSPS) is 11.0. The molecule has 1 atom stereocenters. The van der Waals surface area contributed by atoms with Crippen LogP contribution < -0.4 is 14.8 Å². The van der Waals surface area contributed by atoms with Crippen molar-refractivity contribution in [3.63, 3.8) is 0 Å². The van der Waals surface area contributed by atoms with Gasteiger partial charge in [0.25, 0.3) is 0 Å². The quantitative estimate of drug-likeness (QED) is 0.652. The van der Waals surface area contributed by atoms with Crippen molar-refractivity contribution >= 4 is 17.4 Å². The lowest BCUT2D eigenvalue weighted by Crippen LogP contribution is -2.28. The molecule has 0 radical (unpaired) electrons. The summed E-state index contributed by atoms with van der Waals surface area (Å²) in [4.78, 5) is 24.8. The predicted molar refractivity (Wildman–Crippen MR) is 88.1 cm³/mol. The Hall–Kier alpha value is -3.33. The Morgan fingerprint density at radius 2 is 1.62 bits per heavy atom. The number of Topliss-reactive ketones (excluding diaryl/α,β-unsaturated/α-hetero) is 1. The lowest BCUT2D eigenvalue weighted by molar-refractivity contribution is -0.117. The van der Waals surface area contributed by atoms with Gasteiger partial charge >= 0.3 is 0 Å². The van der Waals surface area contributed by atoms with E-state index in [0.717, 1.165) is 0 Å². The third-order valence-corrected chi connectivity index (χ3v) is 3.33. The van der Waals surface area contributed by atoms with Crippen LogP contribution in [0.4, 0.5) is 5.69 Å². The number of nitriles is 1. The number of carbonyl (C=O) groups excluding carboxylic acids is 2. The molecule has 122 valence electrons. The molecule has 0 aliphatic heterocycles. The second-order valence-corrected chi connectivity index (χ2v) is 4.88. The molecular formula is C18H16N2O4. The van der Waals surface area contributed by atoms with Gasteiger partial charge in [-0.25, -0.2) is 0 Å². The van der Waals surface area contributed by atoms with Crippen molar-refractivity contribution in [3.05, 3.63) is 54.1 Å². The molecule has 2 aromatic rings. The van der Waals surface area contributed by atoms with Crippen LogP contribution in [0.25, 0.3) is 0 Å². The third-order valence-electron chi connectivity index (χ3n) is 3.33. The summed E-state index contributed by atoms with van der Waals surface area (Å²) in [6.07, 6.45) is 0. The van der Waals surface area contributed by atoms with Crippen molar-refractivity contribution in [2.45, 2.75) is 0 Å². The zero-order chi connectivity index (χ0) is 17.5. The van der Waals surface area contributed by atoms with Gasteiger partial charge in [0.2, 0.25) is 5.91 Å². The molecule has 1 N–H and O–H groups in total. The van der Waals surface area contributed by atoms with Crippen molar-refractivity contribution in [1.29, 1.82) is 5.26 Å². The minimum absolute atomic E-state index is 0.168. The highest BCUT2D eigenvalue weighted by atomic mass is 16.5. The van der Waals surface area contributed by atoms with Crippen LogP contribution in [0.2, 0.25) is 0 Å². The summed E-state index contributed by atoms with van der Waals surface area (Å²) in [5.74, 6) is -1.98. The summed E-state index contributed by atoms with van der Waals surface area (Å²) in [6.45, 7) is 0. The SMILES string of the molecule is COc1cc(OC)cc(C(=O)[C@H](C#N)C(=O)Nc2ccccc2)c1. The average Bonchev–Trinajstić information content (AvgIpc) is 2.62. The molecule has 6 heteroatoms. The standard InChI is InChI=1S/C18H16N2O4/c1-23-14-8-12(9-15(10-14)24-2)17(21)16(11-19)18(22)20-13-6-4-3-5-7-13/h3-10,16H,1-2H3,(H,20,22)/t16-/m0/s1. The number of carbonyl (C=O) groups is 2. The lowest BCUT2D eigenvalue weighted by Gasteiger charge is -2.11. The van der Waals surface area contributed by atoms with Gasteiger partial charge in [-0.05, 0) is 24.3 Å². The number of ketones is 1. The molecule has 2 aromatic carbocycles. The molecule has 0 spiro atoms. The average molecular weight is 324 g/mol. The topological polar surface area (TPSA) is 88.4 Å². The summed E-state index contributed by atoms with van der Waals surface area (Å²) < 4.78 is 10.2. The molecule has 0 fully saturated rings. The third kappa shape index (κ3) is 3.90. The monoisotopic (exact) mass is 324 g/mol. The Labute approximate surface area is 139 Å². The van der Waals surface area contributed by atoms with Gasteiger partial charge in [-0.2, -0.15) is 5.26 Å². The van der Waals surface area contributed by atoms with Crippen LogP contribution in [0.1, 0.15) is 10.4 Å². The van der Waals surface area contributed by atoms with Gasteiger partial charge < -0.3 is 14.8 Å². The first-order valence-electron chi connectivity index (χ1n) is 7.12. The Balaban J connectivity index is 2.25. The fraction of sp³-hybridized carbons (Fsp3) is 0.167. The molecule has 0 bridgehead atoms. The molecule has 1 amide bonds. The summed E-state index contributed by atoms with van der Waals surface area (Å²) in [6, 6.07) is 14.9. The van der Waals surface area contributed by atoms with Crippen molar-refractivity contribution < 1.29 is 19.1 Å². The number of methoxy groups -OCH3 is 2. The van der Waals surface area contributed by atoms with Gasteiger partial charge in [-0.1, -0.05) is 18.2 Å². The molecular weight excluding hydrogens is 308 g/mol. The van der Waals surface area contributed by atoms with Gasteiger partial charge in [0.15, 0.2) is 11.7 Å². The molecule has 0 heterocycles. The second-order valence-electron chi connectivity index (χ2n) is 4.88. The molecule has 6 nitrogen and oxygen atoms in total. The summed E-state index contributed by atoms with van der Waals surface area (Å²) in [5, 5.41) is 11.8. The maximum Gasteiger partial charge on any atom is 0.249 e. The van der Waals surface area contributed by atoms with E-state index in [-0.39, 0.29) is 5.56 Å². The Kier molecular flexibility index (Phi) is 5.53. The number of ether oxygens (including phenoxy) is 2. The first-order chi connectivity index (χ1) is 11.6. The molecule has 0 aliphatic carbocycles. The van der Waals surface area contributed by atoms with Gasteiger partial charge in [0.05, 0.1) is 20.3 Å². The van der Waals surface area contributed by atoms with E-state index in [1.807, 2.05) is 0 Å². The summed E-state index contributed by atoms with van der Waals surface area (Å²) in [5.41, 5.74) is 0.680. The van der Waals surface area contributed by atoms with Crippen LogP contribution in [0.5, 0.6) is 11.5 Å². The number of amides is 1. The fourth-order valence-corrected chi connectivity index (χ4v) is 2.09. The van der Waals surface area contributed by atoms with Gasteiger partial charge in [-0.15, -0.1) is 0 Å². The van der Waals surface area contributed by atoms with Gasteiger partial charge in [0, 0.05) is 17.3 Å². The minimum atomic E-state index is -1.47. The highest BCUT2D eigenvalue weighted by molar-refractivity contribution is 6.15. The fourth-order valence-electron chi connectivity index (χ4n) is 2.09. The van der Waals surface area contributed by atoms with Crippen molar-refractivity contribution in [3.8, 4) is 17.6 Å². The van der Waals surface area contributed by atoms with Crippen LogP contribution in [0, 0.1) is 17.2 Å². The van der Waals surface area contributed by atoms with Crippen molar-refractivity contribution in [2.24, 2.45) is 5.92 Å². The highest BCUT2D eigenvalue weighted by Crippen LogP contribution is 2.24. The number of anilines is 1. The Bertz CT molecular complexity index is 759. The Morgan fingerprint density at radius 1 is 1.04 bits per heavy atom. The smallest absolute Gasteiger partial charge is 0.249 e. The van der Waals surface area contributed by atoms with E-state index >= 15 is 0 Å². The number of nitrogens with one attached hydrogen (secondary N) is 1. The van der Waals surface area contributed by atoms with E-state index in [0.29, 0.717) is 17.2 Å². The number of benzene rings is 2. The van der Waals surface area contributed by atoms with Crippen LogP contribution in [0.3, 0.4) is 0 Å². The lowest BCUT2D eigenvalue weighted by atomic mass is 9.97. The largest absolute Gasteiger partial charge is 0.497 e. The Morgan fingerprint density at radius 3 is 2.12 bits per heavy atom. The van der Waals surface area contributed by atoms with E-state index in [4.69, 9.17) is 9.47 Å². The number of rotatable bonds is 6. The van der Waals surface area contributed by atoms with Crippen LogP contribution in [-0.2, 0) is 4.79 Å². The summed E-state index contributed by atoms with van der Waals surface area (Å²) in [7, 11) is 2.90. The molecule has 0 saturated heterocycles. The molecule has 0 saturated carbocycles. The van der Waals surface area contributed by atoms with Crippen LogP contribution in [-0.4, -0.2) is 25.9 Å². The molecule has 0 aliphatic rings. The van der Waals surface area contributed by atoms with Gasteiger partial charge in [-0.3, -0.25) is 9.59 Å². The maximum atomic E-state index is 12.5. The molecule has 2 rings (SSSR count). The highest BCUT2D eigenvalue weighted by Gasteiger charge is 2.28. The first-order valence-corrected chi connectivity index (χ1v) is 7.12. The predicted octanol–water partition coefficient (Wildman–Crippen LogP) is 2.66.